The van der Waals surface area contributed by atoms with Crippen molar-refractivity contribution in [1.82, 2.24) is 5.32 Å². The molecule has 2 aliphatic rings. The zero-order valence-electron chi connectivity index (χ0n) is 10.6. The summed E-state index contributed by atoms with van der Waals surface area (Å²) in [5.74, 6) is 0.826. The molecule has 0 heterocycles. The zero-order valence-corrected chi connectivity index (χ0v) is 10.6. The molecule has 2 aliphatic carbocycles. The van der Waals surface area contributed by atoms with E-state index in [4.69, 9.17) is 5.73 Å². The quantitative estimate of drug-likeness (QED) is 0.749. The number of nitrogens with one attached hydrogen (secondary N) is 1. The summed E-state index contributed by atoms with van der Waals surface area (Å²) in [6.07, 6.45) is 3.77. The molecule has 2 heteroatoms. The predicted molar refractivity (Wildman–Crippen MR) is 64.7 cm³/mol. The van der Waals surface area contributed by atoms with Crippen molar-refractivity contribution in [3.05, 3.63) is 0 Å². The van der Waals surface area contributed by atoms with Crippen LogP contribution in [0.25, 0.3) is 0 Å². The Hall–Kier alpha value is -0.0800. The standard InChI is InChI=1S/C13H26N2/c1-12(2)11(13(12,3)4)15-8-9-5-6-10(14)7-9/h9-11,15H,5-8,14H2,1-4H3. The van der Waals surface area contributed by atoms with Gasteiger partial charge in [-0.05, 0) is 42.6 Å². The SMILES string of the molecule is CC1(C)C(NCC2CCC(N)C2)C1(C)C. The molecule has 15 heavy (non-hydrogen) atoms. The highest BCUT2D eigenvalue weighted by molar-refractivity contribution is 5.17. The largest absolute Gasteiger partial charge is 0.328 e. The Balaban J connectivity index is 1.76. The van der Waals surface area contributed by atoms with E-state index in [0.29, 0.717) is 22.9 Å². The summed E-state index contributed by atoms with van der Waals surface area (Å²) in [7, 11) is 0. The minimum absolute atomic E-state index is 0.466. The molecule has 3 N–H and O–H groups in total. The first-order chi connectivity index (χ1) is 6.85. The molecule has 2 atom stereocenters. The third-order valence-electron chi connectivity index (χ3n) is 5.21. The molecule has 0 amide bonds. The van der Waals surface area contributed by atoms with Crippen molar-refractivity contribution in [2.24, 2.45) is 22.5 Å². The Bertz CT molecular complexity index is 231. The molecule has 2 saturated carbocycles. The van der Waals surface area contributed by atoms with Crippen LogP contribution in [0, 0.1) is 16.7 Å². The van der Waals surface area contributed by atoms with Crippen molar-refractivity contribution < 1.29 is 0 Å². The molecule has 0 bridgehead atoms. The average Bonchev–Trinajstić information content (AvgIpc) is 2.50. The van der Waals surface area contributed by atoms with Crippen LogP contribution in [0.4, 0.5) is 0 Å². The van der Waals surface area contributed by atoms with Crippen LogP contribution in [-0.2, 0) is 0 Å². The number of hydrogen-bond donors (Lipinski definition) is 2. The van der Waals surface area contributed by atoms with E-state index in [0.717, 1.165) is 5.92 Å². The topological polar surface area (TPSA) is 38.0 Å². The highest BCUT2D eigenvalue weighted by atomic mass is 15.0. The van der Waals surface area contributed by atoms with Gasteiger partial charge >= 0.3 is 0 Å². The van der Waals surface area contributed by atoms with Crippen LogP contribution in [0.3, 0.4) is 0 Å². The molecule has 2 unspecified atom stereocenters. The predicted octanol–water partition coefficient (Wildman–Crippen LogP) is 2.14. The minimum Gasteiger partial charge on any atom is -0.328 e. The van der Waals surface area contributed by atoms with Gasteiger partial charge in [0.05, 0.1) is 0 Å². The Morgan fingerprint density at radius 3 is 2.13 bits per heavy atom. The first kappa shape index (κ1) is 11.4. The fourth-order valence-electron chi connectivity index (χ4n) is 3.29. The average molecular weight is 210 g/mol. The molecule has 2 nitrogen and oxygen atoms in total. The van der Waals surface area contributed by atoms with Gasteiger partial charge in [0.2, 0.25) is 0 Å². The van der Waals surface area contributed by atoms with Gasteiger partial charge in [-0.25, -0.2) is 0 Å². The molecule has 0 aliphatic heterocycles. The van der Waals surface area contributed by atoms with Gasteiger partial charge < -0.3 is 11.1 Å². The van der Waals surface area contributed by atoms with Crippen LogP contribution in [0.2, 0.25) is 0 Å². The molecule has 0 aromatic rings. The molecule has 2 rings (SSSR count). The van der Waals surface area contributed by atoms with Crippen molar-refractivity contribution >= 4 is 0 Å². The van der Waals surface area contributed by atoms with E-state index in [1.54, 1.807) is 0 Å². The number of rotatable bonds is 3. The summed E-state index contributed by atoms with van der Waals surface area (Å²) < 4.78 is 0. The smallest absolute Gasteiger partial charge is 0.0181 e. The van der Waals surface area contributed by atoms with Crippen molar-refractivity contribution in [1.29, 1.82) is 0 Å². The molecule has 0 spiro atoms. The third kappa shape index (κ3) is 1.83. The van der Waals surface area contributed by atoms with E-state index in [9.17, 15) is 0 Å². The van der Waals surface area contributed by atoms with Gasteiger partial charge in [0.15, 0.2) is 0 Å². The summed E-state index contributed by atoms with van der Waals surface area (Å²) in [6.45, 7) is 10.6. The Kier molecular flexibility index (Phi) is 2.63. The van der Waals surface area contributed by atoms with Crippen LogP contribution < -0.4 is 11.1 Å². The fourth-order valence-corrected chi connectivity index (χ4v) is 3.29. The maximum Gasteiger partial charge on any atom is 0.0181 e. The lowest BCUT2D eigenvalue weighted by molar-refractivity contribution is 0.452. The van der Waals surface area contributed by atoms with Gasteiger partial charge in [-0.15, -0.1) is 0 Å². The second-order valence-corrected chi connectivity index (χ2v) is 6.72. The van der Waals surface area contributed by atoms with Gasteiger partial charge in [-0.2, -0.15) is 0 Å². The second-order valence-electron chi connectivity index (χ2n) is 6.72. The Morgan fingerprint density at radius 1 is 1.13 bits per heavy atom. The van der Waals surface area contributed by atoms with E-state index in [2.05, 4.69) is 33.0 Å². The van der Waals surface area contributed by atoms with Crippen LogP contribution in [0.1, 0.15) is 47.0 Å². The molecule has 0 saturated heterocycles. The van der Waals surface area contributed by atoms with Gasteiger partial charge in [-0.1, -0.05) is 27.7 Å². The Morgan fingerprint density at radius 2 is 1.73 bits per heavy atom. The molecular weight excluding hydrogens is 184 g/mol. The fraction of sp³-hybridized carbons (Fsp3) is 1.00. The summed E-state index contributed by atoms with van der Waals surface area (Å²) >= 11 is 0. The van der Waals surface area contributed by atoms with Crippen molar-refractivity contribution in [2.75, 3.05) is 6.54 Å². The monoisotopic (exact) mass is 210 g/mol. The molecule has 0 radical (unpaired) electrons. The first-order valence-corrected chi connectivity index (χ1v) is 6.34. The van der Waals surface area contributed by atoms with Crippen LogP contribution in [-0.4, -0.2) is 18.6 Å². The lowest BCUT2D eigenvalue weighted by Crippen LogP contribution is -2.28. The highest BCUT2D eigenvalue weighted by Crippen LogP contribution is 2.62. The van der Waals surface area contributed by atoms with Gasteiger partial charge in [-0.3, -0.25) is 0 Å². The van der Waals surface area contributed by atoms with Crippen LogP contribution in [0.5, 0.6) is 0 Å². The molecule has 88 valence electrons. The maximum atomic E-state index is 5.93. The summed E-state index contributed by atoms with van der Waals surface area (Å²) in [6, 6.07) is 1.17. The summed E-state index contributed by atoms with van der Waals surface area (Å²) in [5.41, 5.74) is 6.86. The molecule has 0 aromatic heterocycles. The lowest BCUT2D eigenvalue weighted by atomic mass is 10.0. The van der Waals surface area contributed by atoms with Crippen LogP contribution in [0.15, 0.2) is 0 Å². The van der Waals surface area contributed by atoms with E-state index in [1.165, 1.54) is 25.8 Å². The Labute approximate surface area is 94.0 Å². The molecule has 0 aromatic carbocycles. The minimum atomic E-state index is 0.466. The maximum absolute atomic E-state index is 5.93. The van der Waals surface area contributed by atoms with Gasteiger partial charge in [0, 0.05) is 12.1 Å². The number of nitrogens with two attached hydrogens (primary N) is 1. The highest BCUT2D eigenvalue weighted by Gasteiger charge is 2.64. The lowest BCUT2D eigenvalue weighted by Gasteiger charge is -2.12. The zero-order chi connectivity index (χ0) is 11.3. The number of hydrogen-bond acceptors (Lipinski definition) is 2. The van der Waals surface area contributed by atoms with Gasteiger partial charge in [0.25, 0.3) is 0 Å². The van der Waals surface area contributed by atoms with Gasteiger partial charge in [0.1, 0.15) is 0 Å². The van der Waals surface area contributed by atoms with E-state index in [1.807, 2.05) is 0 Å². The van der Waals surface area contributed by atoms with Crippen LogP contribution >= 0.6 is 0 Å². The third-order valence-corrected chi connectivity index (χ3v) is 5.21. The summed E-state index contributed by atoms with van der Waals surface area (Å²) in [5, 5.41) is 3.74. The van der Waals surface area contributed by atoms with E-state index >= 15 is 0 Å². The van der Waals surface area contributed by atoms with Crippen molar-refractivity contribution in [2.45, 2.75) is 59.0 Å². The summed E-state index contributed by atoms with van der Waals surface area (Å²) in [4.78, 5) is 0. The molecular formula is C13H26N2. The first-order valence-electron chi connectivity index (χ1n) is 6.34. The normalized spacial score (nSPS) is 38.2. The van der Waals surface area contributed by atoms with E-state index < -0.39 is 0 Å². The molecule has 2 fully saturated rings. The van der Waals surface area contributed by atoms with Crippen molar-refractivity contribution in [3.8, 4) is 0 Å². The van der Waals surface area contributed by atoms with E-state index in [-0.39, 0.29) is 0 Å². The second kappa shape index (κ2) is 3.46. The van der Waals surface area contributed by atoms with Crippen molar-refractivity contribution in [3.63, 3.8) is 0 Å².